The molecule has 0 aromatic carbocycles. The van der Waals surface area contributed by atoms with Crippen LogP contribution in [0.1, 0.15) is 40.0 Å². The lowest BCUT2D eigenvalue weighted by molar-refractivity contribution is 0.115. The number of rotatable bonds is 3. The van der Waals surface area contributed by atoms with E-state index in [1.807, 2.05) is 0 Å². The first-order chi connectivity index (χ1) is 7.51. The summed E-state index contributed by atoms with van der Waals surface area (Å²) in [5.74, 6) is 0. The minimum atomic E-state index is 0.272. The molecule has 1 saturated heterocycles. The van der Waals surface area contributed by atoms with Crippen molar-refractivity contribution in [3.8, 4) is 6.07 Å². The van der Waals surface area contributed by atoms with Crippen LogP contribution in [0.5, 0.6) is 0 Å². The summed E-state index contributed by atoms with van der Waals surface area (Å²) in [6.07, 6.45) is 3.02. The van der Waals surface area contributed by atoms with Crippen LogP contribution in [0.4, 0.5) is 0 Å². The zero-order valence-corrected chi connectivity index (χ0v) is 11.2. The van der Waals surface area contributed by atoms with Gasteiger partial charge in [0.1, 0.15) is 0 Å². The molecule has 3 nitrogen and oxygen atoms in total. The summed E-state index contributed by atoms with van der Waals surface area (Å²) in [5, 5.41) is 8.88. The zero-order valence-electron chi connectivity index (χ0n) is 11.2. The Morgan fingerprint density at radius 1 is 1.44 bits per heavy atom. The van der Waals surface area contributed by atoms with E-state index in [4.69, 9.17) is 5.26 Å². The molecule has 0 amide bonds. The maximum absolute atomic E-state index is 8.88. The van der Waals surface area contributed by atoms with Gasteiger partial charge in [0.15, 0.2) is 0 Å². The maximum Gasteiger partial charge on any atom is 0.0638 e. The highest BCUT2D eigenvalue weighted by atomic mass is 15.3. The van der Waals surface area contributed by atoms with Crippen molar-refractivity contribution in [3.63, 3.8) is 0 Å². The van der Waals surface area contributed by atoms with Gasteiger partial charge in [-0.2, -0.15) is 5.26 Å². The Hall–Kier alpha value is -0.590. The molecule has 1 heterocycles. The van der Waals surface area contributed by atoms with Crippen LogP contribution in [0.15, 0.2) is 0 Å². The molecule has 1 atom stereocenters. The minimum Gasteiger partial charge on any atom is -0.301 e. The summed E-state index contributed by atoms with van der Waals surface area (Å²) in [5.41, 5.74) is 0.272. The van der Waals surface area contributed by atoms with Gasteiger partial charge in [0.25, 0.3) is 0 Å². The number of hydrogen-bond donors (Lipinski definition) is 0. The summed E-state index contributed by atoms with van der Waals surface area (Å²) >= 11 is 0. The summed E-state index contributed by atoms with van der Waals surface area (Å²) in [7, 11) is 2.15. The van der Waals surface area contributed by atoms with E-state index in [0.29, 0.717) is 12.5 Å². The van der Waals surface area contributed by atoms with Crippen molar-refractivity contribution in [2.45, 2.75) is 51.6 Å². The number of likely N-dealkylation sites (N-methyl/N-ethyl adjacent to an activating group) is 1. The van der Waals surface area contributed by atoms with E-state index in [9.17, 15) is 0 Å². The molecule has 1 aliphatic heterocycles. The summed E-state index contributed by atoms with van der Waals surface area (Å²) < 4.78 is 0. The van der Waals surface area contributed by atoms with Gasteiger partial charge in [-0.3, -0.25) is 4.90 Å². The second kappa shape index (κ2) is 5.65. The Bertz CT molecular complexity index is 254. The fourth-order valence-corrected chi connectivity index (χ4v) is 2.42. The fourth-order valence-electron chi connectivity index (χ4n) is 2.42. The van der Waals surface area contributed by atoms with Crippen molar-refractivity contribution in [1.82, 2.24) is 9.80 Å². The van der Waals surface area contributed by atoms with Gasteiger partial charge < -0.3 is 4.90 Å². The summed E-state index contributed by atoms with van der Waals surface area (Å²) in [4.78, 5) is 4.90. The molecule has 0 radical (unpaired) electrons. The predicted octanol–water partition coefficient (Wildman–Crippen LogP) is 2.09. The number of nitriles is 1. The van der Waals surface area contributed by atoms with Crippen molar-refractivity contribution < 1.29 is 0 Å². The van der Waals surface area contributed by atoms with Gasteiger partial charge in [0, 0.05) is 18.1 Å². The Labute approximate surface area is 100 Å². The maximum atomic E-state index is 8.88. The fraction of sp³-hybridized carbons (Fsp3) is 0.923. The van der Waals surface area contributed by atoms with Crippen molar-refractivity contribution >= 4 is 0 Å². The molecule has 0 spiro atoms. The summed E-state index contributed by atoms with van der Waals surface area (Å²) in [6.45, 7) is 10.1. The van der Waals surface area contributed by atoms with Crippen LogP contribution < -0.4 is 0 Å². The highest BCUT2D eigenvalue weighted by Crippen LogP contribution is 2.25. The molecule has 16 heavy (non-hydrogen) atoms. The van der Waals surface area contributed by atoms with E-state index < -0.39 is 0 Å². The predicted molar refractivity (Wildman–Crippen MR) is 67.2 cm³/mol. The second-order valence-corrected chi connectivity index (χ2v) is 5.51. The second-order valence-electron chi connectivity index (χ2n) is 5.51. The first kappa shape index (κ1) is 13.5. The normalized spacial score (nSPS) is 27.3. The van der Waals surface area contributed by atoms with Crippen LogP contribution >= 0.6 is 0 Å². The number of nitrogens with zero attached hydrogens (tertiary/aromatic N) is 3. The SMILES string of the molecule is CCCN1CC(CC#N)N(C)CCC1(C)C. The van der Waals surface area contributed by atoms with E-state index >= 15 is 0 Å². The zero-order chi connectivity index (χ0) is 12.2. The molecule has 3 heteroatoms. The van der Waals surface area contributed by atoms with Gasteiger partial charge in [-0.05, 0) is 46.8 Å². The van der Waals surface area contributed by atoms with Crippen LogP contribution in [0.2, 0.25) is 0 Å². The van der Waals surface area contributed by atoms with Crippen molar-refractivity contribution in [2.75, 3.05) is 26.7 Å². The smallest absolute Gasteiger partial charge is 0.0638 e. The van der Waals surface area contributed by atoms with E-state index in [0.717, 1.165) is 19.6 Å². The quantitative estimate of drug-likeness (QED) is 0.734. The monoisotopic (exact) mass is 223 g/mol. The lowest BCUT2D eigenvalue weighted by Gasteiger charge is -2.37. The van der Waals surface area contributed by atoms with Gasteiger partial charge in [-0.25, -0.2) is 0 Å². The highest BCUT2D eigenvalue weighted by Gasteiger charge is 2.33. The van der Waals surface area contributed by atoms with Crippen LogP contribution in [-0.4, -0.2) is 48.1 Å². The van der Waals surface area contributed by atoms with Gasteiger partial charge in [0.2, 0.25) is 0 Å². The van der Waals surface area contributed by atoms with E-state index in [1.54, 1.807) is 0 Å². The average Bonchev–Trinajstić information content (AvgIpc) is 2.32. The van der Waals surface area contributed by atoms with Crippen LogP contribution in [0.25, 0.3) is 0 Å². The first-order valence-electron chi connectivity index (χ1n) is 6.33. The molecular weight excluding hydrogens is 198 g/mol. The molecule has 1 aliphatic rings. The molecule has 0 saturated carbocycles. The number of hydrogen-bond acceptors (Lipinski definition) is 3. The Morgan fingerprint density at radius 3 is 2.69 bits per heavy atom. The molecule has 0 aliphatic carbocycles. The van der Waals surface area contributed by atoms with Gasteiger partial charge in [0.05, 0.1) is 12.5 Å². The molecule has 0 N–H and O–H groups in total. The van der Waals surface area contributed by atoms with Crippen LogP contribution in [0, 0.1) is 11.3 Å². The minimum absolute atomic E-state index is 0.272. The largest absolute Gasteiger partial charge is 0.301 e. The average molecular weight is 223 g/mol. The lowest BCUT2D eigenvalue weighted by Crippen LogP contribution is -2.46. The Balaban J connectivity index is 2.76. The van der Waals surface area contributed by atoms with Crippen LogP contribution in [-0.2, 0) is 0 Å². The van der Waals surface area contributed by atoms with Gasteiger partial charge in [-0.15, -0.1) is 0 Å². The third-order valence-electron chi connectivity index (χ3n) is 3.81. The lowest BCUT2D eigenvalue weighted by atomic mass is 9.98. The molecule has 92 valence electrons. The molecule has 0 bridgehead atoms. The van der Waals surface area contributed by atoms with E-state index in [-0.39, 0.29) is 5.54 Å². The first-order valence-corrected chi connectivity index (χ1v) is 6.33. The highest BCUT2D eigenvalue weighted by molar-refractivity contribution is 4.93. The van der Waals surface area contributed by atoms with Crippen molar-refractivity contribution in [1.29, 1.82) is 5.26 Å². The van der Waals surface area contributed by atoms with Crippen molar-refractivity contribution in [2.24, 2.45) is 0 Å². The Morgan fingerprint density at radius 2 is 2.12 bits per heavy atom. The van der Waals surface area contributed by atoms with E-state index in [1.165, 1.54) is 12.8 Å². The topological polar surface area (TPSA) is 30.3 Å². The third-order valence-corrected chi connectivity index (χ3v) is 3.81. The molecule has 1 unspecified atom stereocenters. The molecule has 0 aromatic heterocycles. The molecule has 1 fully saturated rings. The summed E-state index contributed by atoms with van der Waals surface area (Å²) in [6, 6.07) is 2.72. The standard InChI is InChI=1S/C13H25N3/c1-5-9-16-11-12(6-8-14)15(4)10-7-13(16,2)3/h12H,5-7,9-11H2,1-4H3. The molecule has 0 aromatic rings. The van der Waals surface area contributed by atoms with Gasteiger partial charge in [-0.1, -0.05) is 6.92 Å². The Kier molecular flexibility index (Phi) is 4.76. The van der Waals surface area contributed by atoms with Gasteiger partial charge >= 0.3 is 0 Å². The van der Waals surface area contributed by atoms with Crippen molar-refractivity contribution in [3.05, 3.63) is 0 Å². The van der Waals surface area contributed by atoms with Crippen LogP contribution in [0.3, 0.4) is 0 Å². The molecular formula is C13H25N3. The third kappa shape index (κ3) is 3.20. The molecule has 1 rings (SSSR count). The van der Waals surface area contributed by atoms with E-state index in [2.05, 4.69) is 43.7 Å².